The molecule has 0 radical (unpaired) electrons. The summed E-state index contributed by atoms with van der Waals surface area (Å²) in [7, 11) is 0. The Balaban J connectivity index is 2.15. The second-order valence-corrected chi connectivity index (χ2v) is 5.06. The van der Waals surface area contributed by atoms with Crippen molar-refractivity contribution < 1.29 is 14.3 Å². The molecule has 1 fully saturated rings. The molecule has 1 aromatic rings. The van der Waals surface area contributed by atoms with Crippen LogP contribution >= 0.6 is 15.9 Å². The van der Waals surface area contributed by atoms with Gasteiger partial charge in [0.1, 0.15) is 5.82 Å². The van der Waals surface area contributed by atoms with Crippen LogP contribution in [-0.2, 0) is 0 Å². The quantitative estimate of drug-likeness (QED) is 0.903. The molecule has 1 atom stereocenters. The molecule has 1 amide bonds. The smallest absolute Gasteiger partial charge is 0.407 e. The molecule has 0 unspecified atom stereocenters. The maximum atomic E-state index is 13.1. The average Bonchev–Trinajstić information content (AvgIpc) is 2.79. The molecule has 1 aliphatic rings. The molecular formula is C13H13BrFNO2. The Bertz CT molecular complexity index is 490. The lowest BCUT2D eigenvalue weighted by atomic mass is 10.1. The van der Waals surface area contributed by atoms with Gasteiger partial charge in [-0.3, -0.25) is 0 Å². The number of amides is 1. The molecule has 0 aromatic heterocycles. The van der Waals surface area contributed by atoms with E-state index in [1.807, 2.05) is 6.08 Å². The van der Waals surface area contributed by atoms with Crippen LogP contribution < -0.4 is 0 Å². The van der Waals surface area contributed by atoms with Crippen molar-refractivity contribution in [2.24, 2.45) is 0 Å². The number of carboxylic acid groups (broad SMARTS) is 1. The highest BCUT2D eigenvalue weighted by Gasteiger charge is 2.26. The van der Waals surface area contributed by atoms with E-state index in [4.69, 9.17) is 5.11 Å². The molecule has 96 valence electrons. The highest BCUT2D eigenvalue weighted by Crippen LogP contribution is 2.23. The molecule has 1 aliphatic heterocycles. The summed E-state index contributed by atoms with van der Waals surface area (Å²) >= 11 is 3.34. The normalized spacial score (nSPS) is 19.7. The lowest BCUT2D eigenvalue weighted by Gasteiger charge is -2.17. The summed E-state index contributed by atoms with van der Waals surface area (Å²) in [5.41, 5.74) is 0.715. The van der Waals surface area contributed by atoms with Gasteiger partial charge in [-0.05, 0) is 36.6 Å². The minimum absolute atomic E-state index is 0.113. The van der Waals surface area contributed by atoms with Gasteiger partial charge in [0, 0.05) is 11.0 Å². The number of halogens is 2. The number of hydrogen-bond acceptors (Lipinski definition) is 1. The number of likely N-dealkylation sites (tertiary alicyclic amines) is 1. The fraction of sp³-hybridized carbons (Fsp3) is 0.308. The third kappa shape index (κ3) is 2.90. The van der Waals surface area contributed by atoms with Gasteiger partial charge >= 0.3 is 6.09 Å². The van der Waals surface area contributed by atoms with Gasteiger partial charge in [0.05, 0.1) is 6.04 Å². The van der Waals surface area contributed by atoms with Crippen LogP contribution in [-0.4, -0.2) is 28.7 Å². The standard InChI is InChI=1S/C13H13BrFNO2/c14-12-6-4-10(15)8-9(12)3-5-11-2-1-7-16(11)13(17)18/h3-6,8,11H,1-2,7H2,(H,17,18)/t11-/m1/s1. The number of hydrogen-bond donors (Lipinski definition) is 1. The van der Waals surface area contributed by atoms with E-state index in [0.717, 1.165) is 17.3 Å². The summed E-state index contributed by atoms with van der Waals surface area (Å²) < 4.78 is 13.9. The number of carbonyl (C=O) groups is 1. The fourth-order valence-corrected chi connectivity index (χ4v) is 2.47. The lowest BCUT2D eigenvalue weighted by molar-refractivity contribution is 0.147. The monoisotopic (exact) mass is 313 g/mol. The third-order valence-electron chi connectivity index (χ3n) is 3.00. The van der Waals surface area contributed by atoms with Crippen LogP contribution in [0.5, 0.6) is 0 Å². The molecule has 3 nitrogen and oxygen atoms in total. The zero-order chi connectivity index (χ0) is 13.1. The number of benzene rings is 1. The Hall–Kier alpha value is -1.36. The molecule has 1 saturated heterocycles. The van der Waals surface area contributed by atoms with Crippen molar-refractivity contribution in [3.05, 3.63) is 40.1 Å². The Kier molecular flexibility index (Phi) is 4.01. The number of nitrogens with zero attached hydrogens (tertiary/aromatic N) is 1. The van der Waals surface area contributed by atoms with E-state index < -0.39 is 6.09 Å². The Morgan fingerprint density at radius 2 is 2.33 bits per heavy atom. The SMILES string of the molecule is O=C(O)N1CCC[C@@H]1C=Cc1cc(F)ccc1Br. The first-order valence-electron chi connectivity index (χ1n) is 5.71. The summed E-state index contributed by atoms with van der Waals surface area (Å²) in [6.07, 6.45) is 4.36. The van der Waals surface area contributed by atoms with E-state index in [2.05, 4.69) is 15.9 Å². The van der Waals surface area contributed by atoms with Crippen molar-refractivity contribution in [3.8, 4) is 0 Å². The molecule has 1 aromatic carbocycles. The van der Waals surface area contributed by atoms with Crippen LogP contribution in [0.4, 0.5) is 9.18 Å². The predicted molar refractivity (Wildman–Crippen MR) is 70.9 cm³/mol. The zero-order valence-corrected chi connectivity index (χ0v) is 11.2. The summed E-state index contributed by atoms with van der Waals surface area (Å²) in [6, 6.07) is 4.32. The van der Waals surface area contributed by atoms with Crippen LogP contribution in [0.15, 0.2) is 28.7 Å². The molecule has 18 heavy (non-hydrogen) atoms. The summed E-state index contributed by atoms with van der Waals surface area (Å²) in [6.45, 7) is 0.564. The topological polar surface area (TPSA) is 40.5 Å². The maximum Gasteiger partial charge on any atom is 0.407 e. The Labute approximate surface area is 113 Å². The first-order chi connectivity index (χ1) is 8.58. The van der Waals surface area contributed by atoms with Crippen LogP contribution in [0.25, 0.3) is 6.08 Å². The predicted octanol–water partition coefficient (Wildman–Crippen LogP) is 3.74. The van der Waals surface area contributed by atoms with E-state index in [1.54, 1.807) is 12.1 Å². The van der Waals surface area contributed by atoms with Crippen molar-refractivity contribution in [2.75, 3.05) is 6.54 Å². The van der Waals surface area contributed by atoms with Gasteiger partial charge < -0.3 is 10.0 Å². The van der Waals surface area contributed by atoms with E-state index >= 15 is 0 Å². The summed E-state index contributed by atoms with van der Waals surface area (Å²) in [5.74, 6) is -0.306. The van der Waals surface area contributed by atoms with Gasteiger partial charge in [-0.2, -0.15) is 0 Å². The molecule has 0 spiro atoms. The zero-order valence-electron chi connectivity index (χ0n) is 9.64. The minimum atomic E-state index is -0.902. The van der Waals surface area contributed by atoms with Gasteiger partial charge in [0.25, 0.3) is 0 Å². The van der Waals surface area contributed by atoms with Crippen molar-refractivity contribution >= 4 is 28.1 Å². The van der Waals surface area contributed by atoms with Crippen LogP contribution in [0, 0.1) is 5.82 Å². The van der Waals surface area contributed by atoms with Crippen LogP contribution in [0.3, 0.4) is 0 Å². The molecular weight excluding hydrogens is 301 g/mol. The van der Waals surface area contributed by atoms with Gasteiger partial charge in [0.2, 0.25) is 0 Å². The van der Waals surface area contributed by atoms with Crippen molar-refractivity contribution in [1.82, 2.24) is 4.90 Å². The molecule has 5 heteroatoms. The minimum Gasteiger partial charge on any atom is -0.465 e. The average molecular weight is 314 g/mol. The van der Waals surface area contributed by atoms with Gasteiger partial charge in [-0.15, -0.1) is 0 Å². The number of rotatable bonds is 2. The van der Waals surface area contributed by atoms with Crippen molar-refractivity contribution in [3.63, 3.8) is 0 Å². The van der Waals surface area contributed by atoms with E-state index in [-0.39, 0.29) is 11.9 Å². The van der Waals surface area contributed by atoms with Gasteiger partial charge in [-0.25, -0.2) is 9.18 Å². The van der Waals surface area contributed by atoms with Crippen LogP contribution in [0.1, 0.15) is 18.4 Å². The van der Waals surface area contributed by atoms with E-state index in [1.165, 1.54) is 17.0 Å². The lowest BCUT2D eigenvalue weighted by Crippen LogP contribution is -2.32. The molecule has 0 aliphatic carbocycles. The van der Waals surface area contributed by atoms with Crippen molar-refractivity contribution in [1.29, 1.82) is 0 Å². The molecule has 1 heterocycles. The third-order valence-corrected chi connectivity index (χ3v) is 3.72. The fourth-order valence-electron chi connectivity index (χ4n) is 2.09. The van der Waals surface area contributed by atoms with E-state index in [9.17, 15) is 9.18 Å². The van der Waals surface area contributed by atoms with E-state index in [0.29, 0.717) is 12.1 Å². The first kappa shape index (κ1) is 13.1. The Morgan fingerprint density at radius 1 is 1.56 bits per heavy atom. The maximum absolute atomic E-state index is 13.1. The first-order valence-corrected chi connectivity index (χ1v) is 6.50. The van der Waals surface area contributed by atoms with Gasteiger partial charge in [-0.1, -0.05) is 28.1 Å². The highest BCUT2D eigenvalue weighted by atomic mass is 79.9. The molecule has 0 saturated carbocycles. The largest absolute Gasteiger partial charge is 0.465 e. The summed E-state index contributed by atoms with van der Waals surface area (Å²) in [5, 5.41) is 9.00. The van der Waals surface area contributed by atoms with Gasteiger partial charge in [0.15, 0.2) is 0 Å². The molecule has 2 rings (SSSR count). The summed E-state index contributed by atoms with van der Waals surface area (Å²) in [4.78, 5) is 12.4. The molecule has 1 N–H and O–H groups in total. The van der Waals surface area contributed by atoms with Crippen molar-refractivity contribution in [2.45, 2.75) is 18.9 Å². The molecule has 0 bridgehead atoms. The second kappa shape index (κ2) is 5.52. The van der Waals surface area contributed by atoms with Crippen LogP contribution in [0.2, 0.25) is 0 Å². The Morgan fingerprint density at radius 3 is 3.06 bits per heavy atom. The highest BCUT2D eigenvalue weighted by molar-refractivity contribution is 9.10. The second-order valence-electron chi connectivity index (χ2n) is 4.21.